The van der Waals surface area contributed by atoms with Crippen molar-refractivity contribution in [2.24, 2.45) is 0 Å². The number of hydrogen-bond donors (Lipinski definition) is 0. The number of methoxy groups -OCH3 is 1. The molecule has 0 amide bonds. The minimum absolute atomic E-state index is 0.430. The molecule has 1 aromatic carbocycles. The first-order valence-corrected chi connectivity index (χ1v) is 6.12. The molecule has 0 unspecified atom stereocenters. The third-order valence-electron chi connectivity index (χ3n) is 1.39. The second-order valence-electron chi connectivity index (χ2n) is 2.16. The van der Waals surface area contributed by atoms with E-state index in [1.54, 1.807) is 7.11 Å². The number of hydrogen-bond acceptors (Lipinski definition) is 1. The van der Waals surface area contributed by atoms with Crippen molar-refractivity contribution in [1.82, 2.24) is 0 Å². The van der Waals surface area contributed by atoms with E-state index in [4.69, 9.17) is 4.74 Å². The molecule has 0 aliphatic rings. The van der Waals surface area contributed by atoms with Gasteiger partial charge in [-0.1, -0.05) is 0 Å². The molecule has 0 atom stereocenters. The van der Waals surface area contributed by atoms with Crippen molar-refractivity contribution in [3.05, 3.63) is 29.8 Å². The van der Waals surface area contributed by atoms with E-state index in [1.807, 2.05) is 24.3 Å². The average Bonchev–Trinajstić information content (AvgIpc) is 2.15. The zero-order valence-corrected chi connectivity index (χ0v) is 8.84. The van der Waals surface area contributed by atoms with E-state index in [1.165, 1.54) is 0 Å². The maximum atomic E-state index is 5.03. The van der Waals surface area contributed by atoms with Crippen molar-refractivity contribution in [3.63, 3.8) is 0 Å². The van der Waals surface area contributed by atoms with Gasteiger partial charge in [-0.3, -0.25) is 0 Å². The summed E-state index contributed by atoms with van der Waals surface area (Å²) in [5.41, 5.74) is 1.06. The zero-order chi connectivity index (χ0) is 8.81. The topological polar surface area (TPSA) is 9.23 Å². The summed E-state index contributed by atoms with van der Waals surface area (Å²) in [5, 5.41) is 0. The third-order valence-corrected chi connectivity index (χ3v) is 2.03. The summed E-state index contributed by atoms with van der Waals surface area (Å²) in [6, 6.07) is 7.79. The van der Waals surface area contributed by atoms with Gasteiger partial charge in [-0.2, -0.15) is 0 Å². The third kappa shape index (κ3) is 2.62. The van der Waals surface area contributed by atoms with Gasteiger partial charge in [-0.05, 0) is 0 Å². The summed E-state index contributed by atoms with van der Waals surface area (Å²) in [4.78, 5) is 3.07. The Labute approximate surface area is 79.3 Å². The quantitative estimate of drug-likeness (QED) is 0.522. The second-order valence-corrected chi connectivity index (χ2v) is 3.44. The molecular weight excluding hydrogens is 215 g/mol. The fraction of sp³-hybridized carbons (Fsp3) is 0.200. The summed E-state index contributed by atoms with van der Waals surface area (Å²) < 4.78 is 5.03. The molecule has 12 heavy (non-hydrogen) atoms. The molecule has 2 heteroatoms. The summed E-state index contributed by atoms with van der Waals surface area (Å²) >= 11 is 0.430. The Bertz CT molecular complexity index is 292. The van der Waals surface area contributed by atoms with Crippen LogP contribution in [0.3, 0.4) is 0 Å². The molecule has 1 nitrogen and oxygen atoms in total. The number of ether oxygens (including phenoxy) is 1. The Balaban J connectivity index is 2.78. The molecule has 0 aromatic heterocycles. The van der Waals surface area contributed by atoms with Crippen LogP contribution in [-0.4, -0.2) is 22.1 Å². The molecule has 0 aliphatic carbocycles. The predicted molar refractivity (Wildman–Crippen MR) is 51.5 cm³/mol. The number of rotatable bonds is 1. The molecule has 0 saturated heterocycles. The number of benzene rings is 1. The summed E-state index contributed by atoms with van der Waals surface area (Å²) in [5.74, 6) is 6.05. The molecule has 0 fully saturated rings. The van der Waals surface area contributed by atoms with E-state index in [2.05, 4.69) is 16.6 Å². The fourth-order valence-electron chi connectivity index (χ4n) is 0.784. The zero-order valence-electron chi connectivity index (χ0n) is 7.13. The second kappa shape index (κ2) is 4.87. The first-order chi connectivity index (χ1) is 5.86. The van der Waals surface area contributed by atoms with E-state index in [9.17, 15) is 0 Å². The summed E-state index contributed by atoms with van der Waals surface area (Å²) in [6.07, 6.45) is 0. The standard InChI is InChI=1S/C10H10OSe/c1-11-10-5-3-9(4-6-10)7-8-12-2/h3-6H,1-2H3. The van der Waals surface area contributed by atoms with Crippen LogP contribution >= 0.6 is 0 Å². The molecular formula is C10H10OSe. The van der Waals surface area contributed by atoms with Crippen LogP contribution in [-0.2, 0) is 0 Å². The Hall–Kier alpha value is -0.901. The molecule has 1 aromatic rings. The first-order valence-electron chi connectivity index (χ1n) is 3.55. The molecule has 0 bridgehead atoms. The first kappa shape index (κ1) is 9.19. The van der Waals surface area contributed by atoms with Crippen LogP contribution < -0.4 is 4.74 Å². The van der Waals surface area contributed by atoms with E-state index in [-0.39, 0.29) is 0 Å². The normalized spacial score (nSPS) is 8.50. The Morgan fingerprint density at radius 3 is 2.42 bits per heavy atom. The van der Waals surface area contributed by atoms with Gasteiger partial charge in [0.15, 0.2) is 0 Å². The van der Waals surface area contributed by atoms with Crippen molar-refractivity contribution in [2.45, 2.75) is 5.82 Å². The minimum atomic E-state index is 0.430. The van der Waals surface area contributed by atoms with Crippen molar-refractivity contribution < 1.29 is 4.74 Å². The van der Waals surface area contributed by atoms with Crippen LogP contribution in [0.2, 0.25) is 5.82 Å². The van der Waals surface area contributed by atoms with Gasteiger partial charge >= 0.3 is 78.9 Å². The Morgan fingerprint density at radius 1 is 1.25 bits per heavy atom. The van der Waals surface area contributed by atoms with E-state index in [0.717, 1.165) is 11.3 Å². The van der Waals surface area contributed by atoms with E-state index < -0.39 is 0 Å². The van der Waals surface area contributed by atoms with Crippen LogP contribution in [0.1, 0.15) is 5.56 Å². The Morgan fingerprint density at radius 2 is 1.92 bits per heavy atom. The average molecular weight is 225 g/mol. The predicted octanol–water partition coefficient (Wildman–Crippen LogP) is 1.76. The summed E-state index contributed by atoms with van der Waals surface area (Å²) in [7, 11) is 1.66. The molecule has 0 spiro atoms. The van der Waals surface area contributed by atoms with Crippen LogP contribution in [0.15, 0.2) is 24.3 Å². The molecule has 0 heterocycles. The maximum absolute atomic E-state index is 5.03. The van der Waals surface area contributed by atoms with Gasteiger partial charge < -0.3 is 0 Å². The molecule has 0 N–H and O–H groups in total. The van der Waals surface area contributed by atoms with Gasteiger partial charge in [0.2, 0.25) is 0 Å². The van der Waals surface area contributed by atoms with E-state index >= 15 is 0 Å². The van der Waals surface area contributed by atoms with Crippen LogP contribution in [0.25, 0.3) is 0 Å². The molecule has 0 radical (unpaired) electrons. The summed E-state index contributed by atoms with van der Waals surface area (Å²) in [6.45, 7) is 0. The SMILES string of the molecule is COc1ccc(C#C[Se]C)cc1. The van der Waals surface area contributed by atoms with Crippen LogP contribution in [0.4, 0.5) is 0 Å². The van der Waals surface area contributed by atoms with Crippen LogP contribution in [0, 0.1) is 10.7 Å². The van der Waals surface area contributed by atoms with Crippen LogP contribution in [0.5, 0.6) is 5.75 Å². The van der Waals surface area contributed by atoms with Gasteiger partial charge in [-0.15, -0.1) is 0 Å². The molecule has 62 valence electrons. The molecule has 1 rings (SSSR count). The van der Waals surface area contributed by atoms with Gasteiger partial charge in [0.25, 0.3) is 0 Å². The van der Waals surface area contributed by atoms with Crippen molar-refractivity contribution >= 4 is 15.0 Å². The van der Waals surface area contributed by atoms with Gasteiger partial charge in [0.1, 0.15) is 0 Å². The monoisotopic (exact) mass is 226 g/mol. The Kier molecular flexibility index (Phi) is 3.73. The van der Waals surface area contributed by atoms with Gasteiger partial charge in [-0.25, -0.2) is 0 Å². The fourth-order valence-corrected chi connectivity index (χ4v) is 1.25. The van der Waals surface area contributed by atoms with E-state index in [0.29, 0.717) is 15.0 Å². The van der Waals surface area contributed by atoms with Crippen molar-refractivity contribution in [1.29, 1.82) is 0 Å². The van der Waals surface area contributed by atoms with Gasteiger partial charge in [0.05, 0.1) is 0 Å². The van der Waals surface area contributed by atoms with Gasteiger partial charge in [0, 0.05) is 0 Å². The molecule has 0 saturated carbocycles. The molecule has 0 aliphatic heterocycles. The van der Waals surface area contributed by atoms with Crippen molar-refractivity contribution in [3.8, 4) is 16.5 Å². The van der Waals surface area contributed by atoms with Crippen molar-refractivity contribution in [2.75, 3.05) is 7.11 Å².